The van der Waals surface area contributed by atoms with Gasteiger partial charge < -0.3 is 21.3 Å². The number of halogens is 1. The summed E-state index contributed by atoms with van der Waals surface area (Å²) in [6.07, 6.45) is 4.27. The molecule has 2 amide bonds. The molecule has 8 heteroatoms. The number of aryl methyl sites for hydroxylation is 1. The van der Waals surface area contributed by atoms with Crippen molar-refractivity contribution in [1.82, 2.24) is 15.5 Å². The van der Waals surface area contributed by atoms with Gasteiger partial charge in [0, 0.05) is 0 Å². The summed E-state index contributed by atoms with van der Waals surface area (Å²) < 4.78 is 5.38. The number of hydrogen-bond donors (Lipinski definition) is 3. The number of benzene rings is 1. The fourth-order valence-electron chi connectivity index (χ4n) is 3.33. The molecule has 5 N–H and O–H groups in total. The fraction of sp³-hybridized carbons (Fsp3) is 0.471. The molecule has 1 fully saturated rings. The predicted octanol–water partition coefficient (Wildman–Crippen LogP) is 2.48. The Kier molecular flexibility index (Phi) is 6.02. The lowest BCUT2D eigenvalue weighted by Gasteiger charge is -2.19. The molecular formula is C17H24ClN5O2. The van der Waals surface area contributed by atoms with Gasteiger partial charge in [0.25, 0.3) is 0 Å². The minimum absolute atomic E-state index is 0. The topological polar surface area (TPSA) is 120 Å². The first-order valence-electron chi connectivity index (χ1n) is 8.21. The van der Waals surface area contributed by atoms with Crippen molar-refractivity contribution in [2.45, 2.75) is 50.6 Å². The Hall–Kier alpha value is -2.12. The lowest BCUT2D eigenvalue weighted by atomic mass is 9.98. The summed E-state index contributed by atoms with van der Waals surface area (Å²) in [4.78, 5) is 15.8. The van der Waals surface area contributed by atoms with Gasteiger partial charge >= 0.3 is 6.03 Å². The van der Waals surface area contributed by atoms with E-state index in [9.17, 15) is 4.79 Å². The van der Waals surface area contributed by atoms with Gasteiger partial charge in [0.15, 0.2) is 5.82 Å². The van der Waals surface area contributed by atoms with Crippen molar-refractivity contribution in [2.75, 3.05) is 0 Å². The van der Waals surface area contributed by atoms with E-state index in [0.717, 1.165) is 36.8 Å². The second-order valence-corrected chi connectivity index (χ2v) is 6.50. The fourth-order valence-corrected chi connectivity index (χ4v) is 3.33. The van der Waals surface area contributed by atoms with Crippen LogP contribution in [0.3, 0.4) is 0 Å². The maximum absolute atomic E-state index is 11.4. The van der Waals surface area contributed by atoms with Gasteiger partial charge in [0.2, 0.25) is 5.89 Å². The monoisotopic (exact) mass is 365 g/mol. The van der Waals surface area contributed by atoms with Crippen LogP contribution in [-0.4, -0.2) is 16.2 Å². The number of nitrogens with two attached hydrogens (primary N) is 2. The average molecular weight is 366 g/mol. The Bertz CT molecular complexity index is 727. The van der Waals surface area contributed by atoms with Crippen LogP contribution in [-0.2, 0) is 12.0 Å². The Morgan fingerprint density at radius 3 is 2.68 bits per heavy atom. The molecule has 0 radical (unpaired) electrons. The number of nitrogens with zero attached hydrogens (tertiary/aromatic N) is 2. The van der Waals surface area contributed by atoms with Crippen molar-refractivity contribution >= 4 is 18.4 Å². The molecular weight excluding hydrogens is 342 g/mol. The molecule has 0 bridgehead atoms. The van der Waals surface area contributed by atoms with E-state index < -0.39 is 11.6 Å². The molecule has 1 atom stereocenters. The van der Waals surface area contributed by atoms with E-state index in [-0.39, 0.29) is 18.4 Å². The van der Waals surface area contributed by atoms with Crippen molar-refractivity contribution in [3.8, 4) is 0 Å². The van der Waals surface area contributed by atoms with Gasteiger partial charge in [-0.15, -0.1) is 12.4 Å². The number of hydrogen-bond acceptors (Lipinski definition) is 5. The maximum atomic E-state index is 11.4. The highest BCUT2D eigenvalue weighted by molar-refractivity contribution is 5.85. The largest absolute Gasteiger partial charge is 0.352 e. The summed E-state index contributed by atoms with van der Waals surface area (Å²) >= 11 is 0. The zero-order valence-corrected chi connectivity index (χ0v) is 15.0. The molecule has 136 valence electrons. The average Bonchev–Trinajstić information content (AvgIpc) is 3.17. The molecule has 2 aromatic rings. The summed E-state index contributed by atoms with van der Waals surface area (Å²) in [7, 11) is 0. The van der Waals surface area contributed by atoms with Gasteiger partial charge in [-0.2, -0.15) is 4.98 Å². The van der Waals surface area contributed by atoms with Gasteiger partial charge in [-0.1, -0.05) is 42.3 Å². The van der Waals surface area contributed by atoms with Crippen molar-refractivity contribution < 1.29 is 9.32 Å². The number of carbonyl (C=O) groups is 1. The standard InChI is InChI=1S/C17H23N5O2.ClH/c1-11-6-2-3-7-12(11)13(20-16(18)23)10-14-21-15(22-24-14)17(19)8-4-5-9-17;/h2-3,6-7,13H,4-5,8-10,19H2,1H3,(H3,18,20,23);1H. The van der Waals surface area contributed by atoms with Crippen molar-refractivity contribution in [3.63, 3.8) is 0 Å². The van der Waals surface area contributed by atoms with Crippen LogP contribution < -0.4 is 16.8 Å². The van der Waals surface area contributed by atoms with Crippen LogP contribution in [0.4, 0.5) is 4.79 Å². The van der Waals surface area contributed by atoms with E-state index in [4.69, 9.17) is 16.0 Å². The first-order chi connectivity index (χ1) is 11.5. The lowest BCUT2D eigenvalue weighted by molar-refractivity contribution is 0.244. The van der Waals surface area contributed by atoms with Gasteiger partial charge in [-0.05, 0) is 30.9 Å². The SMILES string of the molecule is Cc1ccccc1C(Cc1nc(C2(N)CCCC2)no1)NC(N)=O.Cl. The Labute approximate surface area is 152 Å². The first-order valence-corrected chi connectivity index (χ1v) is 8.21. The second kappa shape index (κ2) is 7.84. The Morgan fingerprint density at radius 2 is 2.04 bits per heavy atom. The summed E-state index contributed by atoms with van der Waals surface area (Å²) in [6, 6.07) is 6.89. The van der Waals surface area contributed by atoms with Gasteiger partial charge in [0.05, 0.1) is 18.0 Å². The third kappa shape index (κ3) is 4.29. The highest BCUT2D eigenvalue weighted by atomic mass is 35.5. The molecule has 0 aliphatic heterocycles. The van der Waals surface area contributed by atoms with Gasteiger partial charge in [-0.25, -0.2) is 4.79 Å². The van der Waals surface area contributed by atoms with Crippen molar-refractivity contribution in [2.24, 2.45) is 11.5 Å². The molecule has 0 spiro atoms. The number of urea groups is 1. The first kappa shape index (κ1) is 19.2. The molecule has 1 aliphatic carbocycles. The Balaban J connectivity index is 0.00000225. The van der Waals surface area contributed by atoms with E-state index in [1.54, 1.807) is 0 Å². The van der Waals surface area contributed by atoms with Crippen LogP contribution in [0.15, 0.2) is 28.8 Å². The smallest absolute Gasteiger partial charge is 0.312 e. The number of carbonyl (C=O) groups excluding carboxylic acids is 1. The summed E-state index contributed by atoms with van der Waals surface area (Å²) in [6.45, 7) is 1.98. The minimum atomic E-state index is -0.589. The van der Waals surface area contributed by atoms with E-state index in [1.807, 2.05) is 31.2 Å². The highest BCUT2D eigenvalue weighted by Crippen LogP contribution is 2.34. The second-order valence-electron chi connectivity index (χ2n) is 6.50. The van der Waals surface area contributed by atoms with Gasteiger partial charge in [0.1, 0.15) is 0 Å². The van der Waals surface area contributed by atoms with Crippen molar-refractivity contribution in [3.05, 3.63) is 47.1 Å². The predicted molar refractivity (Wildman–Crippen MR) is 96.2 cm³/mol. The molecule has 1 aromatic heterocycles. The summed E-state index contributed by atoms with van der Waals surface area (Å²) in [5.74, 6) is 1.00. The lowest BCUT2D eigenvalue weighted by Crippen LogP contribution is -2.35. The molecule has 1 aromatic carbocycles. The van der Waals surface area contributed by atoms with Crippen LogP contribution in [0.25, 0.3) is 0 Å². The summed E-state index contributed by atoms with van der Waals surface area (Å²) in [5, 5.41) is 6.82. The van der Waals surface area contributed by atoms with Gasteiger partial charge in [-0.3, -0.25) is 0 Å². The molecule has 1 heterocycles. The third-order valence-electron chi connectivity index (χ3n) is 4.67. The molecule has 7 nitrogen and oxygen atoms in total. The molecule has 3 rings (SSSR count). The van der Waals surface area contributed by atoms with Crippen LogP contribution in [0.1, 0.15) is 54.6 Å². The third-order valence-corrected chi connectivity index (χ3v) is 4.67. The van der Waals surface area contributed by atoms with E-state index in [0.29, 0.717) is 18.1 Å². The molecule has 0 saturated heterocycles. The van der Waals surface area contributed by atoms with Crippen molar-refractivity contribution in [1.29, 1.82) is 0 Å². The maximum Gasteiger partial charge on any atom is 0.312 e. The quantitative estimate of drug-likeness (QED) is 0.751. The molecule has 1 unspecified atom stereocenters. The van der Waals surface area contributed by atoms with Crippen LogP contribution in [0.2, 0.25) is 0 Å². The molecule has 25 heavy (non-hydrogen) atoms. The zero-order valence-electron chi connectivity index (χ0n) is 14.2. The Morgan fingerprint density at radius 1 is 1.36 bits per heavy atom. The van der Waals surface area contributed by atoms with Crippen LogP contribution in [0.5, 0.6) is 0 Å². The van der Waals surface area contributed by atoms with E-state index in [2.05, 4.69) is 15.5 Å². The number of primary amides is 1. The molecule has 1 saturated carbocycles. The number of rotatable bonds is 5. The van der Waals surface area contributed by atoms with E-state index >= 15 is 0 Å². The number of aromatic nitrogens is 2. The minimum Gasteiger partial charge on any atom is -0.352 e. The molecule has 1 aliphatic rings. The van der Waals surface area contributed by atoms with E-state index in [1.165, 1.54) is 0 Å². The highest BCUT2D eigenvalue weighted by Gasteiger charge is 2.36. The van der Waals surface area contributed by atoms with Crippen LogP contribution in [0, 0.1) is 6.92 Å². The zero-order chi connectivity index (χ0) is 17.2. The summed E-state index contributed by atoms with van der Waals surface area (Å²) in [5.41, 5.74) is 13.2. The number of nitrogens with one attached hydrogen (secondary N) is 1. The number of amides is 2. The normalized spacial score (nSPS) is 16.9. The van der Waals surface area contributed by atoms with Crippen LogP contribution >= 0.6 is 12.4 Å².